The van der Waals surface area contributed by atoms with Crippen molar-refractivity contribution in [1.82, 2.24) is 4.98 Å². The van der Waals surface area contributed by atoms with Gasteiger partial charge in [0.05, 0.1) is 5.69 Å². The summed E-state index contributed by atoms with van der Waals surface area (Å²) in [5.74, 6) is -0.288. The fraction of sp³-hybridized carbons (Fsp3) is 0.200. The number of pyridine rings is 1. The zero-order valence-electron chi connectivity index (χ0n) is 10.9. The third-order valence-corrected chi connectivity index (χ3v) is 2.81. The summed E-state index contributed by atoms with van der Waals surface area (Å²) >= 11 is 0. The molecule has 0 aliphatic carbocycles. The minimum atomic E-state index is -1.000. The van der Waals surface area contributed by atoms with Gasteiger partial charge in [-0.15, -0.1) is 0 Å². The number of rotatable bonds is 6. The van der Waals surface area contributed by atoms with Gasteiger partial charge in [-0.25, -0.2) is 0 Å². The molecule has 1 aromatic heterocycles. The highest BCUT2D eigenvalue weighted by Crippen LogP contribution is 2.14. The molecular weight excluding hydrogens is 256 g/mol. The summed E-state index contributed by atoms with van der Waals surface area (Å²) in [7, 11) is 0. The van der Waals surface area contributed by atoms with E-state index in [1.807, 2.05) is 30.3 Å². The lowest BCUT2D eigenvalue weighted by Gasteiger charge is -2.08. The molecule has 104 valence electrons. The van der Waals surface area contributed by atoms with Gasteiger partial charge in [-0.3, -0.25) is 9.78 Å². The van der Waals surface area contributed by atoms with Crippen LogP contribution in [0.3, 0.4) is 0 Å². The number of carbonyl (C=O) groups is 1. The van der Waals surface area contributed by atoms with Crippen LogP contribution in [-0.2, 0) is 17.8 Å². The van der Waals surface area contributed by atoms with Crippen LogP contribution in [0.5, 0.6) is 5.75 Å². The van der Waals surface area contributed by atoms with Crippen molar-refractivity contribution in [2.45, 2.75) is 19.1 Å². The molecule has 2 rings (SSSR count). The van der Waals surface area contributed by atoms with E-state index in [2.05, 4.69) is 4.98 Å². The third-order valence-electron chi connectivity index (χ3n) is 2.81. The molecular formula is C15H16N2O3. The lowest BCUT2D eigenvalue weighted by atomic mass is 10.1. The molecule has 0 spiro atoms. The number of nitrogens with zero attached hydrogens (tertiary/aromatic N) is 1. The van der Waals surface area contributed by atoms with Gasteiger partial charge in [-0.2, -0.15) is 0 Å². The molecule has 0 aliphatic rings. The van der Waals surface area contributed by atoms with Crippen LogP contribution in [0.4, 0.5) is 0 Å². The second-order valence-corrected chi connectivity index (χ2v) is 4.40. The molecule has 3 N–H and O–H groups in total. The predicted octanol–water partition coefficient (Wildman–Crippen LogP) is 1.62. The summed E-state index contributed by atoms with van der Waals surface area (Å²) in [6.45, 7) is 0.398. The van der Waals surface area contributed by atoms with Crippen LogP contribution in [-0.4, -0.2) is 22.1 Å². The van der Waals surface area contributed by atoms with Crippen LogP contribution in [0.1, 0.15) is 11.3 Å². The zero-order valence-corrected chi connectivity index (χ0v) is 10.9. The number of hydrogen-bond donors (Lipinski definition) is 2. The Balaban J connectivity index is 1.90. The molecule has 1 aromatic carbocycles. The SMILES string of the molecule is NC(Cc1ccc(OCc2ccccn2)cc1)C(=O)O. The highest BCUT2D eigenvalue weighted by Gasteiger charge is 2.11. The first-order chi connectivity index (χ1) is 9.65. The molecule has 0 aliphatic heterocycles. The van der Waals surface area contributed by atoms with E-state index in [1.165, 1.54) is 0 Å². The molecule has 1 heterocycles. The predicted molar refractivity (Wildman–Crippen MR) is 74.3 cm³/mol. The Hall–Kier alpha value is -2.40. The van der Waals surface area contributed by atoms with E-state index in [-0.39, 0.29) is 0 Å². The number of carboxylic acids is 1. The summed E-state index contributed by atoms with van der Waals surface area (Å²) in [4.78, 5) is 14.8. The summed E-state index contributed by atoms with van der Waals surface area (Å²) in [6.07, 6.45) is 2.02. The molecule has 20 heavy (non-hydrogen) atoms. The van der Waals surface area contributed by atoms with Gasteiger partial charge < -0.3 is 15.6 Å². The average Bonchev–Trinajstić information content (AvgIpc) is 2.47. The lowest BCUT2D eigenvalue weighted by molar-refractivity contribution is -0.138. The number of ether oxygens (including phenoxy) is 1. The standard InChI is InChI=1S/C15H16N2O3/c16-14(15(18)19)9-11-4-6-13(7-5-11)20-10-12-3-1-2-8-17-12/h1-8,14H,9-10,16H2,(H,18,19). The Morgan fingerprint density at radius 1 is 1.25 bits per heavy atom. The number of aromatic nitrogens is 1. The molecule has 2 aromatic rings. The molecule has 0 fully saturated rings. The van der Waals surface area contributed by atoms with Crippen LogP contribution in [0, 0.1) is 0 Å². The normalized spacial score (nSPS) is 11.8. The van der Waals surface area contributed by atoms with Crippen molar-refractivity contribution < 1.29 is 14.6 Å². The molecule has 1 atom stereocenters. The number of hydrogen-bond acceptors (Lipinski definition) is 4. The van der Waals surface area contributed by atoms with Crippen molar-refractivity contribution in [1.29, 1.82) is 0 Å². The Labute approximate surface area is 117 Å². The Bertz CT molecular complexity index is 555. The molecule has 0 amide bonds. The van der Waals surface area contributed by atoms with Gasteiger partial charge in [0.25, 0.3) is 0 Å². The molecule has 0 bridgehead atoms. The van der Waals surface area contributed by atoms with Crippen LogP contribution in [0.25, 0.3) is 0 Å². The number of benzene rings is 1. The van der Waals surface area contributed by atoms with Crippen LogP contribution in [0.15, 0.2) is 48.7 Å². The zero-order chi connectivity index (χ0) is 14.4. The largest absolute Gasteiger partial charge is 0.487 e. The van der Waals surface area contributed by atoms with Crippen molar-refractivity contribution >= 4 is 5.97 Å². The number of carboxylic acid groups (broad SMARTS) is 1. The van der Waals surface area contributed by atoms with E-state index in [4.69, 9.17) is 15.6 Å². The first-order valence-electron chi connectivity index (χ1n) is 6.25. The van der Waals surface area contributed by atoms with Gasteiger partial charge >= 0.3 is 5.97 Å². The first-order valence-corrected chi connectivity index (χ1v) is 6.25. The van der Waals surface area contributed by atoms with Gasteiger partial charge in [-0.05, 0) is 36.2 Å². The average molecular weight is 272 g/mol. The topological polar surface area (TPSA) is 85.4 Å². The van der Waals surface area contributed by atoms with E-state index in [0.717, 1.165) is 11.3 Å². The van der Waals surface area contributed by atoms with Crippen LogP contribution >= 0.6 is 0 Å². The van der Waals surface area contributed by atoms with E-state index in [1.54, 1.807) is 18.3 Å². The summed E-state index contributed by atoms with van der Waals surface area (Å²) < 4.78 is 5.59. The van der Waals surface area contributed by atoms with Gasteiger partial charge in [0.15, 0.2) is 0 Å². The molecule has 5 nitrogen and oxygen atoms in total. The van der Waals surface area contributed by atoms with Gasteiger partial charge in [0.1, 0.15) is 18.4 Å². The number of aliphatic carboxylic acids is 1. The Morgan fingerprint density at radius 3 is 2.60 bits per heavy atom. The molecule has 1 unspecified atom stereocenters. The van der Waals surface area contributed by atoms with Crippen LogP contribution < -0.4 is 10.5 Å². The molecule has 0 saturated heterocycles. The highest BCUT2D eigenvalue weighted by atomic mass is 16.5. The van der Waals surface area contributed by atoms with Crippen molar-refractivity contribution in [2.24, 2.45) is 5.73 Å². The van der Waals surface area contributed by atoms with Crippen molar-refractivity contribution in [2.75, 3.05) is 0 Å². The fourth-order valence-electron chi connectivity index (χ4n) is 1.70. The lowest BCUT2D eigenvalue weighted by Crippen LogP contribution is -2.32. The summed E-state index contributed by atoms with van der Waals surface area (Å²) in [6, 6.07) is 12.0. The second-order valence-electron chi connectivity index (χ2n) is 4.40. The highest BCUT2D eigenvalue weighted by molar-refractivity contribution is 5.73. The van der Waals surface area contributed by atoms with Gasteiger partial charge in [0, 0.05) is 6.20 Å². The number of nitrogens with two attached hydrogens (primary N) is 1. The van der Waals surface area contributed by atoms with E-state index < -0.39 is 12.0 Å². The van der Waals surface area contributed by atoms with E-state index in [9.17, 15) is 4.79 Å². The van der Waals surface area contributed by atoms with Crippen LogP contribution in [0.2, 0.25) is 0 Å². The van der Waals surface area contributed by atoms with Crippen molar-refractivity contribution in [3.63, 3.8) is 0 Å². The maximum atomic E-state index is 10.7. The van der Waals surface area contributed by atoms with E-state index in [0.29, 0.717) is 18.8 Å². The quantitative estimate of drug-likeness (QED) is 0.834. The Morgan fingerprint density at radius 2 is 2.00 bits per heavy atom. The minimum absolute atomic E-state index is 0.301. The van der Waals surface area contributed by atoms with Crippen molar-refractivity contribution in [3.05, 3.63) is 59.9 Å². The Kier molecular flexibility index (Phi) is 4.68. The fourth-order valence-corrected chi connectivity index (χ4v) is 1.70. The molecule has 5 heteroatoms. The summed E-state index contributed by atoms with van der Waals surface area (Å²) in [5.41, 5.74) is 7.20. The second kappa shape index (κ2) is 6.68. The smallest absolute Gasteiger partial charge is 0.320 e. The van der Waals surface area contributed by atoms with Gasteiger partial charge in [-0.1, -0.05) is 18.2 Å². The van der Waals surface area contributed by atoms with E-state index >= 15 is 0 Å². The monoisotopic (exact) mass is 272 g/mol. The molecule has 0 saturated carbocycles. The maximum Gasteiger partial charge on any atom is 0.320 e. The summed E-state index contributed by atoms with van der Waals surface area (Å²) in [5, 5.41) is 8.75. The maximum absolute atomic E-state index is 10.7. The minimum Gasteiger partial charge on any atom is -0.487 e. The third kappa shape index (κ3) is 4.07. The molecule has 0 radical (unpaired) electrons. The first kappa shape index (κ1) is 14.0. The van der Waals surface area contributed by atoms with Crippen molar-refractivity contribution in [3.8, 4) is 5.75 Å². The van der Waals surface area contributed by atoms with Gasteiger partial charge in [0.2, 0.25) is 0 Å².